The number of carboxylic acids is 2. The number of nitrogens with one attached hydrogen (secondary N) is 10. The van der Waals surface area contributed by atoms with E-state index < -0.39 is 175 Å². The van der Waals surface area contributed by atoms with Crippen LogP contribution in [0, 0.1) is 5.92 Å². The van der Waals surface area contributed by atoms with Crippen LogP contribution in [-0.2, 0) is 81.6 Å². The van der Waals surface area contributed by atoms with Gasteiger partial charge in [0, 0.05) is 31.2 Å². The Balaban J connectivity index is 1.79. The summed E-state index contributed by atoms with van der Waals surface area (Å²) in [6.07, 6.45) is -2.75. The standard InChI is InChI=1S/C51H70N14O18/c1-23(2)40(64-43(75)24(3)57-45(77)34(18-38(70)71)60-49(81)36(21-66)63-44(76)30(52)16-28-20-55-22-56-28)50(82)61-32(15-26-8-6-5-7-9-26)48(80)65-41(25(4)67)51(83)62-35(19-39(72)73)47(79)59-33(17-37(53)69)46(78)58-31(42(54)74)14-27-10-12-29(68)13-11-27/h5-13,20,22-25,30-36,40-41,66-68H,14-19,21,52H2,1-4H3,(H2,53,69)(H2,54,74)(H,55,56)(H,57,77)(H,58,78)(H,59,79)(H,60,81)(H,61,82)(H,62,83)(H,63,76)(H,64,75)(H,65,80)(H,70,71)(H,72,73)/t24-,25+,30-,31-,32-,33-,34-,35-,36-,40-,41-/m0/s1. The second-order valence-electron chi connectivity index (χ2n) is 19.5. The van der Waals surface area contributed by atoms with Crippen molar-refractivity contribution < 1.29 is 87.9 Å². The molecule has 0 saturated heterocycles. The monoisotopic (exact) mass is 1170 g/mol. The number of imidazole rings is 1. The molecule has 11 amide bonds. The molecule has 0 aliphatic carbocycles. The number of carboxylic acid groups (broad SMARTS) is 2. The van der Waals surface area contributed by atoms with E-state index in [1.54, 1.807) is 30.3 Å². The van der Waals surface area contributed by atoms with E-state index in [1.165, 1.54) is 50.6 Å². The van der Waals surface area contributed by atoms with Crippen molar-refractivity contribution in [2.45, 2.75) is 133 Å². The number of hydrogen-bond acceptors (Lipinski definition) is 18. The van der Waals surface area contributed by atoms with E-state index in [4.69, 9.17) is 17.2 Å². The zero-order valence-electron chi connectivity index (χ0n) is 45.5. The Morgan fingerprint density at radius 2 is 0.964 bits per heavy atom. The number of rotatable bonds is 34. The molecule has 0 spiro atoms. The number of aliphatic hydroxyl groups excluding tert-OH is 2. The SMILES string of the molecule is CC(C)[C@H](NC(=O)[C@H](C)NC(=O)[C@H](CC(=O)O)NC(=O)[C@H](CO)NC(=O)[C@@H](N)Cc1cnc[nH]1)C(=O)N[C@@H](Cc1ccccc1)C(=O)N[C@H](C(=O)N[C@@H](CC(=O)O)C(=O)N[C@@H](CC(N)=O)C(=O)N[C@@H](Cc1ccc(O)cc1)C(N)=O)[C@@H](C)O. The molecule has 83 heavy (non-hydrogen) atoms. The topological polar surface area (TPSA) is 538 Å². The minimum Gasteiger partial charge on any atom is -0.508 e. The molecule has 32 heteroatoms. The van der Waals surface area contributed by atoms with Gasteiger partial charge in [0.15, 0.2) is 0 Å². The van der Waals surface area contributed by atoms with Crippen molar-refractivity contribution in [2.24, 2.45) is 23.1 Å². The molecular weight excluding hydrogens is 1100 g/mol. The second-order valence-corrected chi connectivity index (χ2v) is 19.5. The van der Waals surface area contributed by atoms with Crippen molar-refractivity contribution in [3.8, 4) is 5.75 Å². The van der Waals surface area contributed by atoms with Gasteiger partial charge in [-0.1, -0.05) is 56.3 Å². The van der Waals surface area contributed by atoms with Crippen LogP contribution >= 0.6 is 0 Å². The van der Waals surface area contributed by atoms with Crippen LogP contribution in [0.2, 0.25) is 0 Å². The van der Waals surface area contributed by atoms with E-state index in [-0.39, 0.29) is 25.0 Å². The van der Waals surface area contributed by atoms with E-state index in [9.17, 15) is 87.9 Å². The number of hydrogen-bond donors (Lipinski definition) is 18. The van der Waals surface area contributed by atoms with Gasteiger partial charge < -0.3 is 95.6 Å². The van der Waals surface area contributed by atoms with E-state index >= 15 is 0 Å². The summed E-state index contributed by atoms with van der Waals surface area (Å²) < 4.78 is 0. The summed E-state index contributed by atoms with van der Waals surface area (Å²) in [5, 5.41) is 69.8. The predicted octanol–water partition coefficient (Wildman–Crippen LogP) is -6.81. The molecular formula is C51H70N14O18. The summed E-state index contributed by atoms with van der Waals surface area (Å²) >= 11 is 0. The Hall–Kier alpha value is -9.56. The molecule has 11 atom stereocenters. The van der Waals surface area contributed by atoms with E-state index in [2.05, 4.69) is 57.8 Å². The third-order valence-electron chi connectivity index (χ3n) is 12.2. The quantitative estimate of drug-likeness (QED) is 0.0264. The molecule has 0 unspecified atom stereocenters. The van der Waals surface area contributed by atoms with Gasteiger partial charge in [-0.2, -0.15) is 0 Å². The van der Waals surface area contributed by atoms with Crippen LogP contribution in [0.1, 0.15) is 63.8 Å². The Bertz CT molecular complexity index is 2780. The van der Waals surface area contributed by atoms with Gasteiger partial charge >= 0.3 is 11.9 Å². The van der Waals surface area contributed by atoms with Gasteiger partial charge in [0.25, 0.3) is 0 Å². The van der Waals surface area contributed by atoms with Crippen LogP contribution in [-0.4, -0.2) is 186 Å². The van der Waals surface area contributed by atoms with Crippen LogP contribution in [0.25, 0.3) is 0 Å². The number of carbonyl (C=O) groups excluding carboxylic acids is 11. The zero-order chi connectivity index (χ0) is 62.2. The number of nitrogens with two attached hydrogens (primary N) is 3. The second kappa shape index (κ2) is 32.6. The van der Waals surface area contributed by atoms with Crippen LogP contribution in [0.5, 0.6) is 5.75 Å². The van der Waals surface area contributed by atoms with Crippen molar-refractivity contribution in [2.75, 3.05) is 6.61 Å². The number of primary amides is 2. The molecule has 0 saturated carbocycles. The summed E-state index contributed by atoms with van der Waals surface area (Å²) in [4.78, 5) is 177. The van der Waals surface area contributed by atoms with Gasteiger partial charge in [0.2, 0.25) is 65.0 Å². The van der Waals surface area contributed by atoms with Crippen molar-refractivity contribution in [3.63, 3.8) is 0 Å². The molecule has 0 fully saturated rings. The van der Waals surface area contributed by atoms with Crippen LogP contribution < -0.4 is 65.1 Å². The highest BCUT2D eigenvalue weighted by atomic mass is 16.4. The smallest absolute Gasteiger partial charge is 0.305 e. The Kier molecular flexibility index (Phi) is 26.6. The number of aromatic hydroxyl groups is 1. The summed E-state index contributed by atoms with van der Waals surface area (Å²) in [5.41, 5.74) is 18.0. The van der Waals surface area contributed by atoms with E-state index in [0.717, 1.165) is 13.8 Å². The summed E-state index contributed by atoms with van der Waals surface area (Å²) in [6.45, 7) is 4.18. The Morgan fingerprint density at radius 3 is 1.46 bits per heavy atom. The van der Waals surface area contributed by atoms with Gasteiger partial charge in [-0.3, -0.25) is 62.3 Å². The number of carbonyl (C=O) groups is 13. The molecule has 1 aromatic heterocycles. The lowest BCUT2D eigenvalue weighted by molar-refractivity contribution is -0.142. The average Bonchev–Trinajstić information content (AvgIpc) is 3.99. The first-order valence-electron chi connectivity index (χ1n) is 25.6. The largest absolute Gasteiger partial charge is 0.508 e. The fourth-order valence-electron chi connectivity index (χ4n) is 7.72. The number of amides is 11. The Morgan fingerprint density at radius 1 is 0.518 bits per heavy atom. The summed E-state index contributed by atoms with van der Waals surface area (Å²) in [5.74, 6) is -16.7. The average molecular weight is 1170 g/mol. The molecule has 0 bridgehead atoms. The molecule has 1 heterocycles. The van der Waals surface area contributed by atoms with Gasteiger partial charge in [-0.15, -0.1) is 0 Å². The summed E-state index contributed by atoms with van der Waals surface area (Å²) in [7, 11) is 0. The highest BCUT2D eigenvalue weighted by Gasteiger charge is 2.38. The highest BCUT2D eigenvalue weighted by molar-refractivity contribution is 6.00. The van der Waals surface area contributed by atoms with Gasteiger partial charge in [-0.05, 0) is 43.0 Å². The number of phenols is 1. The predicted molar refractivity (Wildman–Crippen MR) is 286 cm³/mol. The first-order chi connectivity index (χ1) is 39.0. The number of H-pyrrole nitrogens is 1. The summed E-state index contributed by atoms with van der Waals surface area (Å²) in [6, 6.07) is -3.50. The first kappa shape index (κ1) is 67.7. The van der Waals surface area contributed by atoms with Crippen molar-refractivity contribution in [3.05, 3.63) is 83.9 Å². The molecule has 0 aliphatic rings. The normalized spacial score (nSPS) is 15.0. The molecule has 2 aromatic carbocycles. The molecule has 3 aromatic rings. The fraction of sp³-hybridized carbons (Fsp3) is 0.451. The molecule has 0 radical (unpaired) electrons. The lowest BCUT2D eigenvalue weighted by Gasteiger charge is -2.29. The number of aromatic amines is 1. The van der Waals surface area contributed by atoms with Gasteiger partial charge in [0.1, 0.15) is 60.1 Å². The lowest BCUT2D eigenvalue weighted by Crippen LogP contribution is -2.62. The third-order valence-corrected chi connectivity index (χ3v) is 12.2. The maximum atomic E-state index is 14.2. The number of nitrogens with zero attached hydrogens (tertiary/aromatic N) is 1. The number of aliphatic carboxylic acids is 2. The molecule has 0 aliphatic heterocycles. The third kappa shape index (κ3) is 22.8. The highest BCUT2D eigenvalue weighted by Crippen LogP contribution is 2.13. The van der Waals surface area contributed by atoms with Crippen molar-refractivity contribution in [1.29, 1.82) is 0 Å². The van der Waals surface area contributed by atoms with Crippen LogP contribution in [0.3, 0.4) is 0 Å². The number of benzene rings is 2. The van der Waals surface area contributed by atoms with Gasteiger partial charge in [-0.25, -0.2) is 4.98 Å². The van der Waals surface area contributed by atoms with Crippen LogP contribution in [0.15, 0.2) is 67.1 Å². The minimum atomic E-state index is -2.09. The first-order valence-corrected chi connectivity index (χ1v) is 25.6. The Labute approximate surface area is 473 Å². The molecule has 452 valence electrons. The number of phenolic OH excluding ortho intramolecular Hbond substituents is 1. The molecule has 32 nitrogen and oxygen atoms in total. The number of aromatic nitrogens is 2. The fourth-order valence-corrected chi connectivity index (χ4v) is 7.72. The molecule has 3 rings (SSSR count). The van der Waals surface area contributed by atoms with Crippen LogP contribution in [0.4, 0.5) is 0 Å². The van der Waals surface area contributed by atoms with Crippen molar-refractivity contribution in [1.82, 2.24) is 57.8 Å². The maximum Gasteiger partial charge on any atom is 0.305 e. The number of aliphatic hydroxyl groups is 2. The minimum absolute atomic E-state index is 0.0408. The lowest BCUT2D eigenvalue weighted by atomic mass is 10.00. The maximum absolute atomic E-state index is 14.2. The zero-order valence-corrected chi connectivity index (χ0v) is 45.5. The van der Waals surface area contributed by atoms with E-state index in [1.807, 2.05) is 0 Å². The van der Waals surface area contributed by atoms with E-state index in [0.29, 0.717) is 16.8 Å². The molecule has 21 N–H and O–H groups in total. The van der Waals surface area contributed by atoms with Crippen molar-refractivity contribution >= 4 is 76.9 Å². The van der Waals surface area contributed by atoms with Gasteiger partial charge in [0.05, 0.1) is 44.3 Å².